The Kier molecular flexibility index (Phi) is 5.22. The maximum absolute atomic E-state index is 12.4. The lowest BCUT2D eigenvalue weighted by Gasteiger charge is -2.32. The van der Waals surface area contributed by atoms with Crippen molar-refractivity contribution in [1.82, 2.24) is 20.4 Å². The summed E-state index contributed by atoms with van der Waals surface area (Å²) in [4.78, 5) is 18.8. The number of nitrogens with zero attached hydrogens (tertiary/aromatic N) is 3. The summed E-state index contributed by atoms with van der Waals surface area (Å²) in [6, 6.07) is 9.88. The minimum absolute atomic E-state index is 0.156. The minimum Gasteiger partial charge on any atom is -0.366 e. The summed E-state index contributed by atoms with van der Waals surface area (Å²) in [6.07, 6.45) is -0.492. The molecular weight excluding hydrogens is 308 g/mol. The third kappa shape index (κ3) is 4.18. The highest BCUT2D eigenvalue weighted by atomic mass is 16.5. The molecule has 0 saturated carbocycles. The summed E-state index contributed by atoms with van der Waals surface area (Å²) < 4.78 is 10.7. The van der Waals surface area contributed by atoms with Crippen molar-refractivity contribution >= 4 is 5.91 Å². The van der Waals surface area contributed by atoms with Gasteiger partial charge in [0.1, 0.15) is 12.1 Å². The van der Waals surface area contributed by atoms with Crippen LogP contribution in [0, 0.1) is 6.92 Å². The van der Waals surface area contributed by atoms with E-state index in [9.17, 15) is 4.79 Å². The van der Waals surface area contributed by atoms with Crippen LogP contribution in [0.4, 0.5) is 0 Å². The molecule has 1 aliphatic rings. The van der Waals surface area contributed by atoms with Crippen molar-refractivity contribution < 1.29 is 14.1 Å². The van der Waals surface area contributed by atoms with Gasteiger partial charge >= 0.3 is 0 Å². The predicted molar refractivity (Wildman–Crippen MR) is 87.1 cm³/mol. The highest BCUT2D eigenvalue weighted by Gasteiger charge is 2.28. The Morgan fingerprint density at radius 3 is 2.92 bits per heavy atom. The first-order valence-corrected chi connectivity index (χ1v) is 8.10. The van der Waals surface area contributed by atoms with Crippen LogP contribution in [0.15, 0.2) is 34.9 Å². The third-order valence-corrected chi connectivity index (χ3v) is 3.96. The van der Waals surface area contributed by atoms with Gasteiger partial charge in [-0.25, -0.2) is 0 Å². The number of ether oxygens (including phenoxy) is 1. The van der Waals surface area contributed by atoms with Crippen molar-refractivity contribution in [3.05, 3.63) is 47.6 Å². The van der Waals surface area contributed by atoms with Gasteiger partial charge in [-0.05, 0) is 19.4 Å². The Hall–Kier alpha value is -2.25. The van der Waals surface area contributed by atoms with Crippen molar-refractivity contribution in [3.63, 3.8) is 0 Å². The molecule has 7 heteroatoms. The van der Waals surface area contributed by atoms with Crippen LogP contribution in [0.1, 0.15) is 30.2 Å². The lowest BCUT2D eigenvalue weighted by molar-refractivity contribution is -0.139. The summed E-state index contributed by atoms with van der Waals surface area (Å²) in [7, 11) is 0. The molecule has 3 rings (SSSR count). The van der Waals surface area contributed by atoms with Gasteiger partial charge in [0.15, 0.2) is 5.82 Å². The van der Waals surface area contributed by atoms with Crippen LogP contribution in [-0.2, 0) is 16.1 Å². The van der Waals surface area contributed by atoms with E-state index < -0.39 is 6.10 Å². The highest BCUT2D eigenvalue weighted by molar-refractivity contribution is 5.81. The zero-order valence-electron chi connectivity index (χ0n) is 13.9. The van der Waals surface area contributed by atoms with Gasteiger partial charge in [-0.3, -0.25) is 9.69 Å². The summed E-state index contributed by atoms with van der Waals surface area (Å²) >= 11 is 0. The normalized spacial score (nSPS) is 19.8. The molecule has 1 aromatic heterocycles. The lowest BCUT2D eigenvalue weighted by atomic mass is 10.2. The predicted octanol–water partition coefficient (Wildman–Crippen LogP) is 1.46. The molecule has 1 aromatic carbocycles. The smallest absolute Gasteiger partial charge is 0.251 e. The first kappa shape index (κ1) is 16.6. The first-order chi connectivity index (χ1) is 11.6. The van der Waals surface area contributed by atoms with Crippen LogP contribution < -0.4 is 5.32 Å². The Morgan fingerprint density at radius 1 is 1.42 bits per heavy atom. The number of rotatable bonds is 5. The maximum atomic E-state index is 12.4. The van der Waals surface area contributed by atoms with E-state index in [1.165, 1.54) is 5.56 Å². The van der Waals surface area contributed by atoms with E-state index in [1.807, 2.05) is 25.1 Å². The number of hydrogen-bond donors (Lipinski definition) is 1. The molecule has 0 bridgehead atoms. The summed E-state index contributed by atoms with van der Waals surface area (Å²) in [5, 5.41) is 6.62. The molecule has 7 nitrogen and oxygen atoms in total. The molecule has 2 heterocycles. The standard InChI is InChI=1S/C17H22N4O3/c1-12(17-19-13(2)20-24-17)18-16(22)15-11-21(8-9-23-15)10-14-6-4-3-5-7-14/h3-7,12,15H,8-11H2,1-2H3,(H,18,22)/t12-,15-/m1/s1. The zero-order chi connectivity index (χ0) is 16.9. The SMILES string of the molecule is Cc1noc([C@@H](C)NC(=O)[C@H]2CN(Cc3ccccc3)CCO2)n1. The number of aryl methyl sites for hydroxylation is 1. The number of benzene rings is 1. The van der Waals surface area contributed by atoms with Crippen LogP contribution in [0.25, 0.3) is 0 Å². The van der Waals surface area contributed by atoms with Gasteiger partial charge in [0, 0.05) is 19.6 Å². The number of amides is 1. The van der Waals surface area contributed by atoms with Crippen LogP contribution >= 0.6 is 0 Å². The number of carbonyl (C=O) groups excluding carboxylic acids is 1. The molecule has 0 aliphatic carbocycles. The maximum Gasteiger partial charge on any atom is 0.251 e. The fourth-order valence-corrected chi connectivity index (χ4v) is 2.70. The van der Waals surface area contributed by atoms with E-state index in [-0.39, 0.29) is 11.9 Å². The largest absolute Gasteiger partial charge is 0.366 e. The second-order valence-electron chi connectivity index (χ2n) is 5.99. The number of nitrogens with one attached hydrogen (secondary N) is 1. The lowest BCUT2D eigenvalue weighted by Crippen LogP contribution is -2.49. The molecule has 1 N–H and O–H groups in total. The first-order valence-electron chi connectivity index (χ1n) is 8.10. The van der Waals surface area contributed by atoms with E-state index in [4.69, 9.17) is 9.26 Å². The minimum atomic E-state index is -0.492. The molecule has 0 spiro atoms. The van der Waals surface area contributed by atoms with Crippen molar-refractivity contribution in [3.8, 4) is 0 Å². The van der Waals surface area contributed by atoms with E-state index >= 15 is 0 Å². The average molecular weight is 330 g/mol. The fraction of sp³-hybridized carbons (Fsp3) is 0.471. The quantitative estimate of drug-likeness (QED) is 0.894. The van der Waals surface area contributed by atoms with Crippen molar-refractivity contribution in [2.75, 3.05) is 19.7 Å². The molecule has 2 aromatic rings. The topological polar surface area (TPSA) is 80.5 Å². The molecule has 1 aliphatic heterocycles. The van der Waals surface area contributed by atoms with Crippen molar-refractivity contribution in [2.45, 2.75) is 32.5 Å². The molecule has 1 amide bonds. The fourth-order valence-electron chi connectivity index (χ4n) is 2.70. The molecule has 1 fully saturated rings. The monoisotopic (exact) mass is 330 g/mol. The van der Waals surface area contributed by atoms with Crippen molar-refractivity contribution in [2.24, 2.45) is 0 Å². The van der Waals surface area contributed by atoms with E-state index in [0.717, 1.165) is 13.1 Å². The average Bonchev–Trinajstić information content (AvgIpc) is 3.03. The Balaban J connectivity index is 1.55. The van der Waals surface area contributed by atoms with Crippen LogP contribution in [0.5, 0.6) is 0 Å². The van der Waals surface area contributed by atoms with Gasteiger partial charge in [0.05, 0.1) is 6.61 Å². The summed E-state index contributed by atoms with van der Waals surface area (Å²) in [5.74, 6) is 0.794. The molecular formula is C17H22N4O3. The number of carbonyl (C=O) groups is 1. The van der Waals surface area contributed by atoms with Gasteiger partial charge < -0.3 is 14.6 Å². The second kappa shape index (κ2) is 7.55. The van der Waals surface area contributed by atoms with E-state index in [1.54, 1.807) is 6.92 Å². The van der Waals surface area contributed by atoms with Crippen LogP contribution in [-0.4, -0.2) is 46.7 Å². The highest BCUT2D eigenvalue weighted by Crippen LogP contribution is 2.13. The number of morpholine rings is 1. The second-order valence-corrected chi connectivity index (χ2v) is 5.99. The molecule has 1 saturated heterocycles. The Labute approximate surface area is 141 Å². The van der Waals surface area contributed by atoms with Gasteiger partial charge in [0.2, 0.25) is 5.89 Å². The van der Waals surface area contributed by atoms with Gasteiger partial charge in [0.25, 0.3) is 5.91 Å². The third-order valence-electron chi connectivity index (χ3n) is 3.96. The number of aromatic nitrogens is 2. The van der Waals surface area contributed by atoms with Crippen LogP contribution in [0.2, 0.25) is 0 Å². The molecule has 128 valence electrons. The molecule has 0 radical (unpaired) electrons. The number of hydrogen-bond acceptors (Lipinski definition) is 6. The van der Waals surface area contributed by atoms with Gasteiger partial charge in [-0.1, -0.05) is 35.5 Å². The van der Waals surface area contributed by atoms with Gasteiger partial charge in [-0.2, -0.15) is 4.98 Å². The molecule has 24 heavy (non-hydrogen) atoms. The summed E-state index contributed by atoms with van der Waals surface area (Å²) in [5.41, 5.74) is 1.23. The van der Waals surface area contributed by atoms with Crippen molar-refractivity contribution in [1.29, 1.82) is 0 Å². The zero-order valence-corrected chi connectivity index (χ0v) is 13.9. The van der Waals surface area contributed by atoms with Crippen LogP contribution in [0.3, 0.4) is 0 Å². The Bertz CT molecular complexity index is 673. The van der Waals surface area contributed by atoms with Gasteiger partial charge in [-0.15, -0.1) is 0 Å². The van der Waals surface area contributed by atoms with E-state index in [2.05, 4.69) is 32.5 Å². The van der Waals surface area contributed by atoms with E-state index in [0.29, 0.717) is 24.9 Å². The molecule has 2 atom stereocenters. The summed E-state index contributed by atoms with van der Waals surface area (Å²) in [6.45, 7) is 6.29. The molecule has 0 unspecified atom stereocenters. The Morgan fingerprint density at radius 2 is 2.21 bits per heavy atom.